The van der Waals surface area contributed by atoms with Gasteiger partial charge < -0.3 is 20.2 Å². The van der Waals surface area contributed by atoms with E-state index in [1.54, 1.807) is 29.7 Å². The molecule has 0 radical (unpaired) electrons. The zero-order chi connectivity index (χ0) is 24.5. The Morgan fingerprint density at radius 1 is 1.15 bits per heavy atom. The fourth-order valence-corrected chi connectivity index (χ4v) is 5.03. The first kappa shape index (κ1) is 23.7. The second kappa shape index (κ2) is 9.44. The minimum Gasteiger partial charge on any atom is -0.465 e. The summed E-state index contributed by atoms with van der Waals surface area (Å²) < 4.78 is 13.9. The predicted octanol–water partition coefficient (Wildman–Crippen LogP) is 3.71. The first-order valence-corrected chi connectivity index (χ1v) is 11.6. The Labute approximate surface area is 198 Å². The van der Waals surface area contributed by atoms with Crippen LogP contribution in [0.3, 0.4) is 0 Å². The van der Waals surface area contributed by atoms with Crippen LogP contribution in [0.15, 0.2) is 48.5 Å². The van der Waals surface area contributed by atoms with Crippen LogP contribution in [0, 0.1) is 5.82 Å². The summed E-state index contributed by atoms with van der Waals surface area (Å²) >= 11 is 0. The Morgan fingerprint density at radius 3 is 2.47 bits per heavy atom. The van der Waals surface area contributed by atoms with Crippen molar-refractivity contribution in [2.24, 2.45) is 0 Å². The molecule has 1 atom stereocenters. The van der Waals surface area contributed by atoms with E-state index in [4.69, 9.17) is 0 Å². The van der Waals surface area contributed by atoms with Crippen molar-refractivity contribution in [3.05, 3.63) is 65.5 Å². The predicted molar refractivity (Wildman–Crippen MR) is 126 cm³/mol. The number of carbonyl (C=O) groups is 3. The largest absolute Gasteiger partial charge is 0.465 e. The van der Waals surface area contributed by atoms with E-state index in [0.717, 1.165) is 11.3 Å². The van der Waals surface area contributed by atoms with E-state index >= 15 is 0 Å². The number of amides is 3. The van der Waals surface area contributed by atoms with Crippen LogP contribution in [0.25, 0.3) is 0 Å². The Morgan fingerprint density at radius 2 is 1.82 bits per heavy atom. The Kier molecular flexibility index (Phi) is 6.59. The average Bonchev–Trinajstić information content (AvgIpc) is 3.02. The molecule has 1 saturated heterocycles. The molecule has 0 saturated carbocycles. The molecule has 2 aromatic carbocycles. The molecule has 2 aromatic rings. The van der Waals surface area contributed by atoms with Crippen molar-refractivity contribution in [3.63, 3.8) is 0 Å². The Balaban J connectivity index is 1.42. The van der Waals surface area contributed by atoms with Crippen LogP contribution in [0.1, 0.15) is 44.2 Å². The van der Waals surface area contributed by atoms with E-state index in [1.807, 2.05) is 30.3 Å². The number of aryl methyl sites for hydroxylation is 1. The first-order chi connectivity index (χ1) is 16.2. The van der Waals surface area contributed by atoms with Gasteiger partial charge in [-0.2, -0.15) is 0 Å². The van der Waals surface area contributed by atoms with Crippen molar-refractivity contribution in [2.75, 3.05) is 18.0 Å². The molecule has 0 aromatic heterocycles. The number of nitrogens with one attached hydrogen (secondary N) is 1. The number of nitrogens with zero attached hydrogens (tertiary/aromatic N) is 2. The molecular weight excluding hydrogens is 437 g/mol. The first-order valence-electron chi connectivity index (χ1n) is 11.6. The van der Waals surface area contributed by atoms with Crippen molar-refractivity contribution >= 4 is 23.6 Å². The van der Waals surface area contributed by atoms with Gasteiger partial charge in [-0.3, -0.25) is 9.59 Å². The third-order valence-electron chi connectivity index (χ3n) is 6.95. The number of hydrogen-bond acceptors (Lipinski definition) is 3. The maximum Gasteiger partial charge on any atom is 0.405 e. The molecule has 1 unspecified atom stereocenters. The van der Waals surface area contributed by atoms with Crippen LogP contribution in [0.4, 0.5) is 14.9 Å². The van der Waals surface area contributed by atoms with E-state index in [-0.39, 0.29) is 23.7 Å². The lowest BCUT2D eigenvalue weighted by Crippen LogP contribution is -2.54. The number of anilines is 1. The second-order valence-electron chi connectivity index (χ2n) is 9.54. The van der Waals surface area contributed by atoms with Gasteiger partial charge in [0.15, 0.2) is 0 Å². The molecule has 2 N–H and O–H groups in total. The quantitative estimate of drug-likeness (QED) is 0.678. The lowest BCUT2D eigenvalue weighted by atomic mass is 9.86. The van der Waals surface area contributed by atoms with Crippen LogP contribution < -0.4 is 10.2 Å². The van der Waals surface area contributed by atoms with Crippen LogP contribution >= 0.6 is 0 Å². The van der Waals surface area contributed by atoms with Gasteiger partial charge in [-0.15, -0.1) is 0 Å². The van der Waals surface area contributed by atoms with Gasteiger partial charge in [0.2, 0.25) is 11.8 Å². The van der Waals surface area contributed by atoms with Crippen molar-refractivity contribution in [3.8, 4) is 0 Å². The highest BCUT2D eigenvalue weighted by molar-refractivity contribution is 6.08. The highest BCUT2D eigenvalue weighted by Crippen LogP contribution is 2.44. The SMILES string of the molecule is CC1(C)C(=O)N(C2CCN(C(=O)C(CCc3ccccc3)NC(=O)O)CC2)c2ccc(F)cc21. The Hall–Kier alpha value is -3.42. The summed E-state index contributed by atoms with van der Waals surface area (Å²) in [4.78, 5) is 41.1. The molecule has 180 valence electrons. The molecule has 1 fully saturated rings. The molecule has 2 aliphatic heterocycles. The summed E-state index contributed by atoms with van der Waals surface area (Å²) in [5.74, 6) is -0.673. The van der Waals surface area contributed by atoms with E-state index < -0.39 is 17.6 Å². The number of carbonyl (C=O) groups excluding carboxylic acids is 2. The summed E-state index contributed by atoms with van der Waals surface area (Å²) in [5.41, 5.74) is 1.65. The number of halogens is 1. The highest BCUT2D eigenvalue weighted by atomic mass is 19.1. The number of rotatable bonds is 6. The Bertz CT molecular complexity index is 1080. The van der Waals surface area contributed by atoms with Crippen molar-refractivity contribution in [1.29, 1.82) is 0 Å². The van der Waals surface area contributed by atoms with Gasteiger partial charge in [-0.05, 0) is 68.9 Å². The van der Waals surface area contributed by atoms with Gasteiger partial charge >= 0.3 is 6.09 Å². The lowest BCUT2D eigenvalue weighted by molar-refractivity contribution is -0.134. The standard InChI is InChI=1S/C26H30FN3O4/c1-26(2)20-16-18(27)9-11-22(20)30(24(26)32)19-12-14-29(15-13-19)23(31)21(28-25(33)34)10-8-17-6-4-3-5-7-17/h3-7,9,11,16,19,21,28H,8,10,12-15H2,1-2H3,(H,33,34). The van der Waals surface area contributed by atoms with E-state index in [9.17, 15) is 23.9 Å². The number of piperidine rings is 1. The van der Waals surface area contributed by atoms with Gasteiger partial charge in [0.1, 0.15) is 11.9 Å². The smallest absolute Gasteiger partial charge is 0.405 e. The van der Waals surface area contributed by atoms with Gasteiger partial charge in [-0.1, -0.05) is 30.3 Å². The van der Waals surface area contributed by atoms with Gasteiger partial charge in [0.25, 0.3) is 0 Å². The van der Waals surface area contributed by atoms with Crippen molar-refractivity contribution < 1.29 is 23.9 Å². The monoisotopic (exact) mass is 467 g/mol. The lowest BCUT2D eigenvalue weighted by Gasteiger charge is -2.38. The van der Waals surface area contributed by atoms with Crippen LogP contribution in [0.5, 0.6) is 0 Å². The summed E-state index contributed by atoms with van der Waals surface area (Å²) in [6, 6.07) is 13.2. The zero-order valence-electron chi connectivity index (χ0n) is 19.5. The minimum atomic E-state index is -1.23. The molecule has 0 spiro atoms. The molecule has 8 heteroatoms. The molecule has 2 aliphatic rings. The van der Waals surface area contributed by atoms with Crippen molar-refractivity contribution in [2.45, 2.75) is 57.0 Å². The number of hydrogen-bond donors (Lipinski definition) is 2. The van der Waals surface area contributed by atoms with Crippen LogP contribution in [0.2, 0.25) is 0 Å². The molecule has 7 nitrogen and oxygen atoms in total. The third kappa shape index (κ3) is 4.62. The van der Waals surface area contributed by atoms with Crippen molar-refractivity contribution in [1.82, 2.24) is 10.2 Å². The molecule has 0 aliphatic carbocycles. The summed E-state index contributed by atoms with van der Waals surface area (Å²) in [5, 5.41) is 11.6. The molecule has 2 heterocycles. The normalized spacial score (nSPS) is 18.5. The topological polar surface area (TPSA) is 90.0 Å². The molecule has 34 heavy (non-hydrogen) atoms. The fourth-order valence-electron chi connectivity index (χ4n) is 5.03. The second-order valence-corrected chi connectivity index (χ2v) is 9.54. The maximum atomic E-state index is 13.9. The highest BCUT2D eigenvalue weighted by Gasteiger charge is 2.47. The average molecular weight is 468 g/mol. The summed E-state index contributed by atoms with van der Waals surface area (Å²) in [7, 11) is 0. The number of benzene rings is 2. The molecule has 3 amide bonds. The third-order valence-corrected chi connectivity index (χ3v) is 6.95. The van der Waals surface area contributed by atoms with E-state index in [2.05, 4.69) is 5.32 Å². The summed E-state index contributed by atoms with van der Waals surface area (Å²) in [6.07, 6.45) is 0.868. The summed E-state index contributed by atoms with van der Waals surface area (Å²) in [6.45, 7) is 4.46. The minimum absolute atomic E-state index is 0.0637. The number of likely N-dealkylation sites (tertiary alicyclic amines) is 1. The number of fused-ring (bicyclic) bond motifs is 1. The van der Waals surface area contributed by atoms with Gasteiger partial charge in [-0.25, -0.2) is 9.18 Å². The van der Waals surface area contributed by atoms with Crippen LogP contribution in [-0.4, -0.2) is 53.1 Å². The van der Waals surface area contributed by atoms with E-state index in [1.165, 1.54) is 12.1 Å². The van der Waals surface area contributed by atoms with E-state index in [0.29, 0.717) is 44.3 Å². The fraction of sp³-hybridized carbons (Fsp3) is 0.423. The van der Waals surface area contributed by atoms with Crippen LogP contribution in [-0.2, 0) is 21.4 Å². The maximum absolute atomic E-state index is 13.9. The number of carboxylic acid groups (broad SMARTS) is 1. The van der Waals surface area contributed by atoms with Gasteiger partial charge in [0, 0.05) is 24.8 Å². The zero-order valence-corrected chi connectivity index (χ0v) is 19.5. The van der Waals surface area contributed by atoms with Gasteiger partial charge in [0.05, 0.1) is 5.41 Å². The molecule has 0 bridgehead atoms. The molecular formula is C26H30FN3O4. The molecule has 4 rings (SSSR count).